The van der Waals surface area contributed by atoms with Gasteiger partial charge in [0.2, 0.25) is 11.7 Å². The molecule has 0 unspecified atom stereocenters. The van der Waals surface area contributed by atoms with Crippen LogP contribution in [0.1, 0.15) is 35.2 Å². The molecular weight excluding hydrogens is 422 g/mol. The standard InChI is InChI=1S/C25H33N3O5/c1-17-7-5-6-8-20(17)25(30)27-18-9-12-28(13-10-18)14-11-23(29)26-19-15-21(31-2)24(33-4)22(16-19)32-3/h5-8,15-16,18H,9-14H2,1-4H3,(H,26,29)(H,27,30). The number of likely N-dealkylation sites (tertiary alicyclic amines) is 1. The molecule has 2 N–H and O–H groups in total. The summed E-state index contributed by atoms with van der Waals surface area (Å²) in [6.07, 6.45) is 2.11. The molecule has 1 fully saturated rings. The highest BCUT2D eigenvalue weighted by molar-refractivity contribution is 5.95. The minimum Gasteiger partial charge on any atom is -0.493 e. The fraction of sp³-hybridized carbons (Fsp3) is 0.440. The molecule has 2 aromatic carbocycles. The van der Waals surface area contributed by atoms with Crippen molar-refractivity contribution >= 4 is 17.5 Å². The maximum atomic E-state index is 12.5. The number of nitrogens with zero attached hydrogens (tertiary/aromatic N) is 1. The molecule has 0 aromatic heterocycles. The first-order valence-corrected chi connectivity index (χ1v) is 11.1. The molecule has 8 heteroatoms. The van der Waals surface area contributed by atoms with Crippen LogP contribution in [0.5, 0.6) is 17.2 Å². The summed E-state index contributed by atoms with van der Waals surface area (Å²) in [6, 6.07) is 11.2. The van der Waals surface area contributed by atoms with Crippen molar-refractivity contribution in [3.05, 3.63) is 47.5 Å². The molecule has 0 aliphatic carbocycles. The van der Waals surface area contributed by atoms with Gasteiger partial charge in [-0.2, -0.15) is 0 Å². The van der Waals surface area contributed by atoms with E-state index in [1.807, 2.05) is 31.2 Å². The van der Waals surface area contributed by atoms with Gasteiger partial charge in [0.15, 0.2) is 11.5 Å². The van der Waals surface area contributed by atoms with Gasteiger partial charge in [0.25, 0.3) is 5.91 Å². The first-order valence-electron chi connectivity index (χ1n) is 11.1. The zero-order chi connectivity index (χ0) is 23.8. The Hall–Kier alpha value is -3.26. The number of rotatable bonds is 9. The van der Waals surface area contributed by atoms with Gasteiger partial charge in [0, 0.05) is 55.5 Å². The summed E-state index contributed by atoms with van der Waals surface area (Å²) in [4.78, 5) is 27.3. The quantitative estimate of drug-likeness (QED) is 0.604. The number of carbonyl (C=O) groups is 2. The molecule has 1 heterocycles. The number of methoxy groups -OCH3 is 3. The van der Waals surface area contributed by atoms with Gasteiger partial charge in [-0.25, -0.2) is 0 Å². The van der Waals surface area contributed by atoms with Crippen molar-refractivity contribution in [2.24, 2.45) is 0 Å². The van der Waals surface area contributed by atoms with Crippen LogP contribution in [0.2, 0.25) is 0 Å². The lowest BCUT2D eigenvalue weighted by Gasteiger charge is -2.32. The molecule has 0 bridgehead atoms. The number of aryl methyl sites for hydroxylation is 1. The molecule has 1 saturated heterocycles. The zero-order valence-electron chi connectivity index (χ0n) is 19.8. The Bertz CT molecular complexity index is 945. The van der Waals surface area contributed by atoms with Crippen molar-refractivity contribution < 1.29 is 23.8 Å². The highest BCUT2D eigenvalue weighted by atomic mass is 16.5. The number of ether oxygens (including phenoxy) is 3. The minimum absolute atomic E-state index is 0.0173. The number of anilines is 1. The molecule has 1 aliphatic rings. The first kappa shape index (κ1) is 24.4. The lowest BCUT2D eigenvalue weighted by Crippen LogP contribution is -2.45. The van der Waals surface area contributed by atoms with Crippen LogP contribution in [0.3, 0.4) is 0 Å². The molecule has 178 valence electrons. The molecule has 0 saturated carbocycles. The SMILES string of the molecule is COc1cc(NC(=O)CCN2CCC(NC(=O)c3ccccc3C)CC2)cc(OC)c1OC. The van der Waals surface area contributed by atoms with Gasteiger partial charge in [-0.05, 0) is 31.4 Å². The Morgan fingerprint density at radius 3 is 2.21 bits per heavy atom. The second kappa shape index (κ2) is 11.6. The van der Waals surface area contributed by atoms with Gasteiger partial charge in [0.05, 0.1) is 21.3 Å². The predicted octanol–water partition coefficient (Wildman–Crippen LogP) is 3.24. The predicted molar refractivity (Wildman–Crippen MR) is 127 cm³/mol. The number of piperidine rings is 1. The van der Waals surface area contributed by atoms with Crippen LogP contribution in [0.15, 0.2) is 36.4 Å². The van der Waals surface area contributed by atoms with Crippen molar-refractivity contribution in [1.82, 2.24) is 10.2 Å². The summed E-state index contributed by atoms with van der Waals surface area (Å²) in [5, 5.41) is 6.05. The number of nitrogens with one attached hydrogen (secondary N) is 2. The minimum atomic E-state index is -0.0840. The van der Waals surface area contributed by atoms with E-state index in [1.54, 1.807) is 12.1 Å². The third-order valence-electron chi connectivity index (χ3n) is 5.92. The Morgan fingerprint density at radius 1 is 1.00 bits per heavy atom. The fourth-order valence-electron chi connectivity index (χ4n) is 4.03. The topological polar surface area (TPSA) is 89.1 Å². The monoisotopic (exact) mass is 455 g/mol. The maximum absolute atomic E-state index is 12.5. The highest BCUT2D eigenvalue weighted by Crippen LogP contribution is 2.39. The second-order valence-corrected chi connectivity index (χ2v) is 8.12. The molecule has 2 aromatic rings. The lowest BCUT2D eigenvalue weighted by atomic mass is 10.0. The smallest absolute Gasteiger partial charge is 0.251 e. The fourth-order valence-corrected chi connectivity index (χ4v) is 4.03. The molecule has 0 radical (unpaired) electrons. The first-order chi connectivity index (χ1) is 15.9. The van der Waals surface area contributed by atoms with Crippen molar-refractivity contribution in [3.63, 3.8) is 0 Å². The van der Waals surface area contributed by atoms with E-state index in [9.17, 15) is 9.59 Å². The van der Waals surface area contributed by atoms with Gasteiger partial charge in [-0.3, -0.25) is 9.59 Å². The van der Waals surface area contributed by atoms with Crippen molar-refractivity contribution in [1.29, 1.82) is 0 Å². The molecule has 3 rings (SSSR count). The van der Waals surface area contributed by atoms with Gasteiger partial charge >= 0.3 is 0 Å². The lowest BCUT2D eigenvalue weighted by molar-refractivity contribution is -0.116. The Kier molecular flexibility index (Phi) is 8.54. The van der Waals surface area contributed by atoms with Crippen LogP contribution < -0.4 is 24.8 Å². The largest absolute Gasteiger partial charge is 0.493 e. The molecule has 0 spiro atoms. The molecule has 1 aliphatic heterocycles. The van der Waals surface area contributed by atoms with Crippen LogP contribution in [0.25, 0.3) is 0 Å². The van der Waals surface area contributed by atoms with Gasteiger partial charge in [-0.1, -0.05) is 18.2 Å². The van der Waals surface area contributed by atoms with Gasteiger partial charge in [-0.15, -0.1) is 0 Å². The third kappa shape index (κ3) is 6.38. The zero-order valence-corrected chi connectivity index (χ0v) is 19.8. The van der Waals surface area contributed by atoms with E-state index >= 15 is 0 Å². The average molecular weight is 456 g/mol. The molecule has 8 nitrogen and oxygen atoms in total. The number of hydrogen-bond donors (Lipinski definition) is 2. The van der Waals surface area contributed by atoms with E-state index in [4.69, 9.17) is 14.2 Å². The van der Waals surface area contributed by atoms with Crippen LogP contribution in [-0.2, 0) is 4.79 Å². The van der Waals surface area contributed by atoms with Crippen LogP contribution in [0.4, 0.5) is 5.69 Å². The van der Waals surface area contributed by atoms with E-state index in [1.165, 1.54) is 21.3 Å². The maximum Gasteiger partial charge on any atom is 0.251 e. The molecule has 33 heavy (non-hydrogen) atoms. The normalized spacial score (nSPS) is 14.4. The van der Waals surface area contributed by atoms with Crippen LogP contribution in [-0.4, -0.2) is 63.7 Å². The van der Waals surface area contributed by atoms with E-state index < -0.39 is 0 Å². The Morgan fingerprint density at radius 2 is 1.64 bits per heavy atom. The van der Waals surface area contributed by atoms with Gasteiger partial charge < -0.3 is 29.7 Å². The number of amides is 2. The Balaban J connectivity index is 1.45. The third-order valence-corrected chi connectivity index (χ3v) is 5.92. The van der Waals surface area contributed by atoms with Crippen molar-refractivity contribution in [2.45, 2.75) is 32.2 Å². The highest BCUT2D eigenvalue weighted by Gasteiger charge is 2.22. The van der Waals surface area contributed by atoms with Gasteiger partial charge in [0.1, 0.15) is 0 Å². The summed E-state index contributed by atoms with van der Waals surface area (Å²) < 4.78 is 16.0. The van der Waals surface area contributed by atoms with E-state index in [0.29, 0.717) is 35.9 Å². The number of carbonyl (C=O) groups excluding carboxylic acids is 2. The van der Waals surface area contributed by atoms with Crippen LogP contribution in [0, 0.1) is 6.92 Å². The van der Waals surface area contributed by atoms with Crippen molar-refractivity contribution in [3.8, 4) is 17.2 Å². The molecule has 2 amide bonds. The number of benzene rings is 2. The average Bonchev–Trinajstić information content (AvgIpc) is 2.83. The second-order valence-electron chi connectivity index (χ2n) is 8.12. The Labute approximate surface area is 195 Å². The van der Waals surface area contributed by atoms with Crippen LogP contribution >= 0.6 is 0 Å². The van der Waals surface area contributed by atoms with E-state index in [2.05, 4.69) is 15.5 Å². The molecular formula is C25H33N3O5. The summed E-state index contributed by atoms with van der Waals surface area (Å²) >= 11 is 0. The summed E-state index contributed by atoms with van der Waals surface area (Å²) in [5.74, 6) is 1.36. The summed E-state index contributed by atoms with van der Waals surface area (Å²) in [5.41, 5.74) is 2.29. The summed E-state index contributed by atoms with van der Waals surface area (Å²) in [7, 11) is 4.61. The van der Waals surface area contributed by atoms with Crippen molar-refractivity contribution in [2.75, 3.05) is 46.3 Å². The van der Waals surface area contributed by atoms with E-state index in [0.717, 1.165) is 37.1 Å². The number of hydrogen-bond acceptors (Lipinski definition) is 6. The molecule has 0 atom stereocenters. The van der Waals surface area contributed by atoms with E-state index in [-0.39, 0.29) is 17.9 Å². The summed E-state index contributed by atoms with van der Waals surface area (Å²) in [6.45, 7) is 4.29.